The van der Waals surface area contributed by atoms with Gasteiger partial charge in [-0.05, 0) is 31.5 Å². The number of hydrogen-bond acceptors (Lipinski definition) is 3. The fourth-order valence-electron chi connectivity index (χ4n) is 2.18. The third kappa shape index (κ3) is 5.68. The third-order valence-electron chi connectivity index (χ3n) is 3.53. The van der Waals surface area contributed by atoms with Gasteiger partial charge in [-0.1, -0.05) is 42.0 Å². The van der Waals surface area contributed by atoms with E-state index in [2.05, 4.69) is 41.8 Å². The van der Waals surface area contributed by atoms with E-state index in [4.69, 9.17) is 0 Å². The molecule has 1 amide bonds. The van der Waals surface area contributed by atoms with Crippen LogP contribution in [0.3, 0.4) is 0 Å². The maximum atomic E-state index is 11.9. The second kappa shape index (κ2) is 8.25. The predicted molar refractivity (Wildman–Crippen MR) is 92.6 cm³/mol. The zero-order valence-electron chi connectivity index (χ0n) is 13.6. The van der Waals surface area contributed by atoms with Crippen molar-refractivity contribution in [3.05, 3.63) is 65.2 Å². The molecule has 4 heteroatoms. The molecule has 23 heavy (non-hydrogen) atoms. The summed E-state index contributed by atoms with van der Waals surface area (Å²) in [6.45, 7) is 4.91. The Kier molecular flexibility index (Phi) is 6.06. The highest BCUT2D eigenvalue weighted by Gasteiger charge is 2.04. The van der Waals surface area contributed by atoms with Crippen molar-refractivity contribution >= 4 is 17.4 Å². The molecular formula is C19H22N2O2. The first-order valence-electron chi connectivity index (χ1n) is 7.72. The minimum Gasteiger partial charge on any atom is -0.326 e. The molecule has 0 heterocycles. The monoisotopic (exact) mass is 310 g/mol. The van der Waals surface area contributed by atoms with E-state index >= 15 is 0 Å². The van der Waals surface area contributed by atoms with Gasteiger partial charge in [-0.15, -0.1) is 0 Å². The van der Waals surface area contributed by atoms with Crippen LogP contribution in [0.2, 0.25) is 0 Å². The van der Waals surface area contributed by atoms with Gasteiger partial charge in [0.25, 0.3) is 0 Å². The fourth-order valence-corrected chi connectivity index (χ4v) is 2.18. The van der Waals surface area contributed by atoms with Crippen LogP contribution in [0.5, 0.6) is 0 Å². The molecule has 0 unspecified atom stereocenters. The molecule has 2 N–H and O–H groups in total. The van der Waals surface area contributed by atoms with Crippen molar-refractivity contribution in [1.82, 2.24) is 5.32 Å². The number of aryl methyl sites for hydroxylation is 1. The van der Waals surface area contributed by atoms with Crippen LogP contribution in [0.25, 0.3) is 0 Å². The maximum absolute atomic E-state index is 11.9. The standard InChI is InChI=1S/C19H22N2O2/c1-14-6-8-16(9-7-14)13-20-11-10-19(23)21-18-5-3-4-17(12-18)15(2)22/h3-9,12,20H,10-11,13H2,1-2H3,(H,21,23). The van der Waals surface area contributed by atoms with Gasteiger partial charge in [-0.25, -0.2) is 0 Å². The Bertz CT molecular complexity index is 678. The van der Waals surface area contributed by atoms with Crippen LogP contribution in [0.4, 0.5) is 5.69 Å². The summed E-state index contributed by atoms with van der Waals surface area (Å²) in [5.74, 6) is -0.0806. The van der Waals surface area contributed by atoms with Gasteiger partial charge in [-0.3, -0.25) is 9.59 Å². The van der Waals surface area contributed by atoms with Gasteiger partial charge in [-0.2, -0.15) is 0 Å². The fraction of sp³-hybridized carbons (Fsp3) is 0.263. The van der Waals surface area contributed by atoms with Crippen LogP contribution in [0.1, 0.15) is 34.8 Å². The van der Waals surface area contributed by atoms with E-state index in [-0.39, 0.29) is 11.7 Å². The smallest absolute Gasteiger partial charge is 0.225 e. The normalized spacial score (nSPS) is 10.3. The van der Waals surface area contributed by atoms with Gasteiger partial charge in [0.1, 0.15) is 0 Å². The Morgan fingerprint density at radius 1 is 1.04 bits per heavy atom. The van der Waals surface area contributed by atoms with Crippen molar-refractivity contribution in [2.45, 2.75) is 26.8 Å². The minimum absolute atomic E-state index is 0.0131. The topological polar surface area (TPSA) is 58.2 Å². The average Bonchev–Trinajstić information content (AvgIpc) is 2.53. The van der Waals surface area contributed by atoms with Crippen LogP contribution in [0, 0.1) is 6.92 Å². The number of rotatable bonds is 7. The molecule has 0 aliphatic carbocycles. The molecule has 0 aliphatic rings. The van der Waals surface area contributed by atoms with E-state index in [0.29, 0.717) is 24.2 Å². The van der Waals surface area contributed by atoms with Gasteiger partial charge in [0, 0.05) is 30.8 Å². The summed E-state index contributed by atoms with van der Waals surface area (Å²) < 4.78 is 0. The Labute approximate surface area is 136 Å². The van der Waals surface area contributed by atoms with Crippen molar-refractivity contribution < 1.29 is 9.59 Å². The van der Waals surface area contributed by atoms with Gasteiger partial charge < -0.3 is 10.6 Å². The highest BCUT2D eigenvalue weighted by molar-refractivity contribution is 5.97. The molecule has 0 aromatic heterocycles. The summed E-state index contributed by atoms with van der Waals surface area (Å²) in [6, 6.07) is 15.3. The Morgan fingerprint density at radius 3 is 2.48 bits per heavy atom. The van der Waals surface area contributed by atoms with Crippen molar-refractivity contribution in [2.75, 3.05) is 11.9 Å². The zero-order chi connectivity index (χ0) is 16.7. The van der Waals surface area contributed by atoms with Gasteiger partial charge in [0.2, 0.25) is 5.91 Å². The van der Waals surface area contributed by atoms with Crippen LogP contribution in [-0.2, 0) is 11.3 Å². The highest BCUT2D eigenvalue weighted by atomic mass is 16.1. The molecule has 2 aromatic carbocycles. The summed E-state index contributed by atoms with van der Waals surface area (Å²) in [7, 11) is 0. The number of carbonyl (C=O) groups is 2. The lowest BCUT2D eigenvalue weighted by Gasteiger charge is -2.08. The largest absolute Gasteiger partial charge is 0.326 e. The van der Waals surface area contributed by atoms with Crippen LogP contribution in [-0.4, -0.2) is 18.2 Å². The Morgan fingerprint density at radius 2 is 1.78 bits per heavy atom. The van der Waals surface area contributed by atoms with Gasteiger partial charge >= 0.3 is 0 Å². The van der Waals surface area contributed by atoms with Crippen molar-refractivity contribution in [3.8, 4) is 0 Å². The molecule has 0 saturated heterocycles. The molecule has 0 bridgehead atoms. The quantitative estimate of drug-likeness (QED) is 0.609. The molecule has 0 fully saturated rings. The third-order valence-corrected chi connectivity index (χ3v) is 3.53. The number of amides is 1. The number of hydrogen-bond donors (Lipinski definition) is 2. The van der Waals surface area contributed by atoms with E-state index in [9.17, 15) is 9.59 Å². The molecule has 0 saturated carbocycles. The van der Waals surface area contributed by atoms with Gasteiger partial charge in [0.15, 0.2) is 5.78 Å². The average molecular weight is 310 g/mol. The van der Waals surface area contributed by atoms with E-state index in [1.54, 1.807) is 24.3 Å². The van der Waals surface area contributed by atoms with Crippen LogP contribution in [0.15, 0.2) is 48.5 Å². The molecule has 2 rings (SSSR count). The second-order valence-electron chi connectivity index (χ2n) is 5.60. The van der Waals surface area contributed by atoms with E-state index in [1.807, 2.05) is 0 Å². The summed E-state index contributed by atoms with van der Waals surface area (Å²) in [5.41, 5.74) is 3.69. The molecule has 4 nitrogen and oxygen atoms in total. The van der Waals surface area contributed by atoms with Crippen molar-refractivity contribution in [2.24, 2.45) is 0 Å². The second-order valence-corrected chi connectivity index (χ2v) is 5.60. The number of benzene rings is 2. The maximum Gasteiger partial charge on any atom is 0.225 e. The molecule has 120 valence electrons. The SMILES string of the molecule is CC(=O)c1cccc(NC(=O)CCNCc2ccc(C)cc2)c1. The number of nitrogens with one attached hydrogen (secondary N) is 2. The number of ketones is 1. The van der Waals surface area contributed by atoms with E-state index in [1.165, 1.54) is 18.1 Å². The lowest BCUT2D eigenvalue weighted by Crippen LogP contribution is -2.21. The van der Waals surface area contributed by atoms with E-state index < -0.39 is 0 Å². The molecule has 0 radical (unpaired) electrons. The Hall–Kier alpha value is -2.46. The number of Topliss-reactive ketones (excluding diaryl/α,β-unsaturated/α-hetero) is 1. The number of carbonyl (C=O) groups excluding carboxylic acids is 2. The molecule has 2 aromatic rings. The molecular weight excluding hydrogens is 288 g/mol. The van der Waals surface area contributed by atoms with E-state index in [0.717, 1.165) is 6.54 Å². The lowest BCUT2D eigenvalue weighted by molar-refractivity contribution is -0.116. The van der Waals surface area contributed by atoms with Crippen molar-refractivity contribution in [3.63, 3.8) is 0 Å². The highest BCUT2D eigenvalue weighted by Crippen LogP contribution is 2.11. The first-order chi connectivity index (χ1) is 11.0. The molecule has 0 aliphatic heterocycles. The van der Waals surface area contributed by atoms with Crippen LogP contribution >= 0.6 is 0 Å². The lowest BCUT2D eigenvalue weighted by atomic mass is 10.1. The summed E-state index contributed by atoms with van der Waals surface area (Å²) >= 11 is 0. The first kappa shape index (κ1) is 16.9. The number of anilines is 1. The van der Waals surface area contributed by atoms with Crippen molar-refractivity contribution in [1.29, 1.82) is 0 Å². The van der Waals surface area contributed by atoms with Crippen LogP contribution < -0.4 is 10.6 Å². The summed E-state index contributed by atoms with van der Waals surface area (Å²) in [5, 5.41) is 6.06. The molecule has 0 spiro atoms. The minimum atomic E-state index is -0.0675. The Balaban J connectivity index is 1.74. The first-order valence-corrected chi connectivity index (χ1v) is 7.72. The summed E-state index contributed by atoms with van der Waals surface area (Å²) in [6.07, 6.45) is 0.385. The summed E-state index contributed by atoms with van der Waals surface area (Å²) in [4.78, 5) is 23.2. The predicted octanol–water partition coefficient (Wildman–Crippen LogP) is 3.32. The molecule has 0 atom stereocenters. The van der Waals surface area contributed by atoms with Gasteiger partial charge in [0.05, 0.1) is 0 Å². The zero-order valence-corrected chi connectivity index (χ0v) is 13.6.